The molecule has 0 aromatic heterocycles. The van der Waals surface area contributed by atoms with Crippen LogP contribution in [0.3, 0.4) is 0 Å². The van der Waals surface area contributed by atoms with Crippen molar-refractivity contribution in [1.29, 1.82) is 0 Å². The zero-order valence-electron chi connectivity index (χ0n) is 26.9. The average Bonchev–Trinajstić information content (AvgIpc) is 3.08. The summed E-state index contributed by atoms with van der Waals surface area (Å²) in [4.78, 5) is 0. The highest BCUT2D eigenvalue weighted by atomic mass is 14.9. The van der Waals surface area contributed by atoms with Gasteiger partial charge in [0.25, 0.3) is 0 Å². The molecule has 0 atom stereocenters. The Hall–Kier alpha value is -5.40. The van der Waals surface area contributed by atoms with Gasteiger partial charge >= 0.3 is 0 Å². The number of anilines is 2. The first-order chi connectivity index (χ1) is 22.3. The van der Waals surface area contributed by atoms with Gasteiger partial charge in [-0.1, -0.05) is 142 Å². The fraction of sp³-hybridized carbons (Fsp3) is 0.111. The van der Waals surface area contributed by atoms with Gasteiger partial charge in [0, 0.05) is 11.4 Å². The Morgan fingerprint density at radius 3 is 1.63 bits per heavy atom. The molecule has 0 fully saturated rings. The first-order valence-corrected chi connectivity index (χ1v) is 16.2. The number of aryl methyl sites for hydroxylation is 1. The van der Waals surface area contributed by atoms with Gasteiger partial charge in [-0.3, -0.25) is 0 Å². The van der Waals surface area contributed by atoms with E-state index in [2.05, 4.69) is 179 Å². The lowest BCUT2D eigenvalue weighted by atomic mass is 9.81. The maximum absolute atomic E-state index is 3.63. The largest absolute Gasteiger partial charge is 0.356 e. The van der Waals surface area contributed by atoms with Crippen molar-refractivity contribution < 1.29 is 0 Å². The maximum Gasteiger partial charge on any atom is 0.0390 e. The molecule has 0 heterocycles. The van der Waals surface area contributed by atoms with Crippen LogP contribution in [0.4, 0.5) is 11.4 Å². The summed E-state index contributed by atoms with van der Waals surface area (Å²) in [5, 5.41) is 11.6. The van der Waals surface area contributed by atoms with Crippen LogP contribution in [0.2, 0.25) is 0 Å². The highest BCUT2D eigenvalue weighted by Gasteiger charge is 2.20. The van der Waals surface area contributed by atoms with Crippen LogP contribution < -0.4 is 5.32 Å². The van der Waals surface area contributed by atoms with Crippen LogP contribution in [-0.2, 0) is 5.41 Å². The van der Waals surface area contributed by atoms with Gasteiger partial charge in [-0.2, -0.15) is 0 Å². The van der Waals surface area contributed by atoms with Crippen molar-refractivity contribution >= 4 is 43.7 Å². The summed E-state index contributed by atoms with van der Waals surface area (Å²) in [6.07, 6.45) is 0. The third kappa shape index (κ3) is 4.99. The Bertz CT molecular complexity index is 2320. The average molecular weight is 592 g/mol. The van der Waals surface area contributed by atoms with Crippen molar-refractivity contribution in [3.63, 3.8) is 0 Å². The minimum Gasteiger partial charge on any atom is -0.356 e. The molecule has 1 nitrogen and oxygen atoms in total. The van der Waals surface area contributed by atoms with Crippen LogP contribution in [-0.4, -0.2) is 0 Å². The van der Waals surface area contributed by atoms with Crippen LogP contribution >= 0.6 is 0 Å². The third-order valence-electron chi connectivity index (χ3n) is 9.40. The Morgan fingerprint density at radius 1 is 0.435 bits per heavy atom. The molecule has 0 aliphatic rings. The molecule has 0 radical (unpaired) electrons. The summed E-state index contributed by atoms with van der Waals surface area (Å²) in [5.74, 6) is 0. The van der Waals surface area contributed by atoms with Gasteiger partial charge in [-0.15, -0.1) is 0 Å². The highest BCUT2D eigenvalue weighted by molar-refractivity contribution is 6.28. The second-order valence-corrected chi connectivity index (χ2v) is 13.6. The summed E-state index contributed by atoms with van der Waals surface area (Å²) in [7, 11) is 0. The fourth-order valence-electron chi connectivity index (χ4n) is 6.87. The van der Waals surface area contributed by atoms with Gasteiger partial charge in [0.1, 0.15) is 0 Å². The van der Waals surface area contributed by atoms with E-state index in [1.54, 1.807) is 0 Å². The number of hydrogen-bond acceptors (Lipinski definition) is 1. The lowest BCUT2D eigenvalue weighted by molar-refractivity contribution is 0.591. The van der Waals surface area contributed by atoms with E-state index in [4.69, 9.17) is 0 Å². The summed E-state index contributed by atoms with van der Waals surface area (Å²) in [6.45, 7) is 9.05. The molecule has 0 spiro atoms. The molecule has 8 rings (SSSR count). The predicted octanol–water partition coefficient (Wildman–Crippen LogP) is 12.9. The first kappa shape index (κ1) is 28.1. The summed E-state index contributed by atoms with van der Waals surface area (Å²) in [5.41, 5.74) is 12.3. The molecule has 0 bridgehead atoms. The fourth-order valence-corrected chi connectivity index (χ4v) is 6.87. The monoisotopic (exact) mass is 591 g/mol. The number of benzene rings is 8. The van der Waals surface area contributed by atoms with E-state index in [9.17, 15) is 0 Å². The Morgan fingerprint density at radius 2 is 1.02 bits per heavy atom. The minimum atomic E-state index is 0.0846. The molecule has 8 aromatic carbocycles. The van der Waals surface area contributed by atoms with E-state index in [0.29, 0.717) is 0 Å². The SMILES string of the molecule is Cc1ccc(-c2cc(-c3ccc(Nc4cccc(-c5ccccc5)c4)cc3)c3ccc4cc(C(C)(C)C)cc5ccc2c3c54)cc1. The lowest BCUT2D eigenvalue weighted by Crippen LogP contribution is -2.10. The normalized spacial score (nSPS) is 11.9. The van der Waals surface area contributed by atoms with E-state index in [1.807, 2.05) is 0 Å². The second-order valence-electron chi connectivity index (χ2n) is 13.6. The van der Waals surface area contributed by atoms with Gasteiger partial charge in [0.15, 0.2) is 0 Å². The van der Waals surface area contributed by atoms with Crippen LogP contribution in [0.1, 0.15) is 31.9 Å². The van der Waals surface area contributed by atoms with Crippen LogP contribution in [0, 0.1) is 6.92 Å². The van der Waals surface area contributed by atoms with Gasteiger partial charge in [-0.25, -0.2) is 0 Å². The van der Waals surface area contributed by atoms with Crippen molar-refractivity contribution in [2.24, 2.45) is 0 Å². The smallest absolute Gasteiger partial charge is 0.0390 e. The molecule has 222 valence electrons. The van der Waals surface area contributed by atoms with Crippen molar-refractivity contribution in [2.45, 2.75) is 33.1 Å². The highest BCUT2D eigenvalue weighted by Crippen LogP contribution is 2.45. The summed E-state index contributed by atoms with van der Waals surface area (Å²) < 4.78 is 0. The van der Waals surface area contributed by atoms with E-state index in [1.165, 1.54) is 76.8 Å². The van der Waals surface area contributed by atoms with Crippen molar-refractivity contribution in [1.82, 2.24) is 0 Å². The number of nitrogens with one attached hydrogen (secondary N) is 1. The molecule has 46 heavy (non-hydrogen) atoms. The molecule has 1 N–H and O–H groups in total. The van der Waals surface area contributed by atoms with Gasteiger partial charge < -0.3 is 5.32 Å². The molecule has 0 unspecified atom stereocenters. The molecule has 8 aromatic rings. The Labute approximate surface area is 271 Å². The Balaban J connectivity index is 1.26. The summed E-state index contributed by atoms with van der Waals surface area (Å²) in [6, 6.07) is 53.5. The molecule has 0 amide bonds. The molecular formula is C45H37N. The molecule has 1 heteroatoms. The van der Waals surface area contributed by atoms with Crippen molar-refractivity contribution in [2.75, 3.05) is 5.32 Å². The van der Waals surface area contributed by atoms with E-state index < -0.39 is 0 Å². The summed E-state index contributed by atoms with van der Waals surface area (Å²) >= 11 is 0. The molecule has 0 aliphatic carbocycles. The lowest BCUT2D eigenvalue weighted by Gasteiger charge is -2.23. The van der Waals surface area contributed by atoms with Crippen LogP contribution in [0.5, 0.6) is 0 Å². The quantitative estimate of drug-likeness (QED) is 0.196. The molecule has 0 aliphatic heterocycles. The third-order valence-corrected chi connectivity index (χ3v) is 9.40. The van der Waals surface area contributed by atoms with Crippen LogP contribution in [0.15, 0.2) is 146 Å². The number of hydrogen-bond donors (Lipinski definition) is 1. The van der Waals surface area contributed by atoms with Gasteiger partial charge in [0.2, 0.25) is 0 Å². The minimum absolute atomic E-state index is 0.0846. The van der Waals surface area contributed by atoms with Crippen LogP contribution in [0.25, 0.3) is 65.7 Å². The zero-order valence-corrected chi connectivity index (χ0v) is 26.9. The van der Waals surface area contributed by atoms with Gasteiger partial charge in [-0.05, 0) is 114 Å². The van der Waals surface area contributed by atoms with E-state index in [0.717, 1.165) is 11.4 Å². The first-order valence-electron chi connectivity index (χ1n) is 16.2. The van der Waals surface area contributed by atoms with Gasteiger partial charge in [0.05, 0.1) is 0 Å². The number of rotatable bonds is 5. The molecule has 0 saturated carbocycles. The van der Waals surface area contributed by atoms with Crippen molar-refractivity contribution in [3.05, 3.63) is 157 Å². The molecular weight excluding hydrogens is 555 g/mol. The Kier molecular flexibility index (Phi) is 6.65. The topological polar surface area (TPSA) is 12.0 Å². The molecule has 0 saturated heterocycles. The van der Waals surface area contributed by atoms with Crippen molar-refractivity contribution in [3.8, 4) is 33.4 Å². The maximum atomic E-state index is 3.63. The second kappa shape index (κ2) is 10.9. The van der Waals surface area contributed by atoms with E-state index >= 15 is 0 Å². The standard InChI is InChI=1S/C45H37N/c1-29-13-15-31(16-14-29)41-28-42(40-24-20-35-26-36(45(2,3)4)25-34-19-23-39(41)44(40)43(34)35)32-17-21-37(22-18-32)46-38-12-8-11-33(27-38)30-9-6-5-7-10-30/h5-28,46H,1-4H3. The predicted molar refractivity (Wildman–Crippen MR) is 200 cm³/mol. The van der Waals surface area contributed by atoms with E-state index in [-0.39, 0.29) is 5.41 Å². The zero-order chi connectivity index (χ0) is 31.4.